The summed E-state index contributed by atoms with van der Waals surface area (Å²) >= 11 is 0. The summed E-state index contributed by atoms with van der Waals surface area (Å²) in [5.74, 6) is 1.01. The van der Waals surface area contributed by atoms with E-state index in [4.69, 9.17) is 23.4 Å². The third-order valence-corrected chi connectivity index (χ3v) is 5.05. The zero-order chi connectivity index (χ0) is 23.4. The van der Waals surface area contributed by atoms with Crippen molar-refractivity contribution in [3.05, 3.63) is 56.9 Å². The molecule has 1 heterocycles. The fraction of sp³-hybridized carbons (Fsp3) is 0.250. The van der Waals surface area contributed by atoms with Gasteiger partial charge in [0, 0.05) is 11.1 Å². The molecule has 1 aromatic heterocycles. The highest BCUT2D eigenvalue weighted by molar-refractivity contribution is 5.88. The Kier molecular flexibility index (Phi) is 6.73. The minimum absolute atomic E-state index is 0.187. The molecule has 0 saturated heterocycles. The molecule has 0 radical (unpaired) electrons. The summed E-state index contributed by atoms with van der Waals surface area (Å²) in [6, 6.07) is 6.66. The van der Waals surface area contributed by atoms with Crippen molar-refractivity contribution in [1.29, 1.82) is 0 Å². The van der Waals surface area contributed by atoms with E-state index in [0.717, 1.165) is 5.56 Å². The normalized spacial score (nSPS) is 11.0. The van der Waals surface area contributed by atoms with E-state index >= 15 is 0 Å². The van der Waals surface area contributed by atoms with Crippen LogP contribution < -0.4 is 24.4 Å². The molecule has 0 aliphatic carbocycles. The number of methoxy groups -OCH3 is 4. The molecule has 0 fully saturated rings. The summed E-state index contributed by atoms with van der Waals surface area (Å²) in [7, 11) is 6.00. The second kappa shape index (κ2) is 9.47. The van der Waals surface area contributed by atoms with Gasteiger partial charge in [0.05, 0.1) is 40.2 Å². The number of hydrogen-bond acceptors (Lipinski definition) is 7. The van der Waals surface area contributed by atoms with Crippen molar-refractivity contribution in [2.75, 3.05) is 28.4 Å². The van der Waals surface area contributed by atoms with Crippen molar-refractivity contribution in [2.45, 2.75) is 13.3 Å². The molecule has 0 amide bonds. The monoisotopic (exact) mass is 440 g/mol. The van der Waals surface area contributed by atoms with Gasteiger partial charge < -0.3 is 28.5 Å². The first-order valence-electron chi connectivity index (χ1n) is 9.67. The first-order valence-corrected chi connectivity index (χ1v) is 9.67. The van der Waals surface area contributed by atoms with Gasteiger partial charge in [-0.25, -0.2) is 0 Å². The average Bonchev–Trinajstić information content (AvgIpc) is 2.79. The Morgan fingerprint density at radius 1 is 0.969 bits per heavy atom. The number of carboxylic acids is 1. The SMILES string of the molecule is COc1cc(C=Cc2oc3c(CC(=O)O)c(OC)ccc3c(=O)c2C)cc(OC)c1OC. The summed E-state index contributed by atoms with van der Waals surface area (Å²) in [5.41, 5.74) is 1.36. The number of aliphatic carboxylic acids is 1. The molecule has 1 N–H and O–H groups in total. The largest absolute Gasteiger partial charge is 0.496 e. The van der Waals surface area contributed by atoms with E-state index in [1.165, 1.54) is 28.4 Å². The summed E-state index contributed by atoms with van der Waals surface area (Å²) in [5, 5.41) is 9.61. The van der Waals surface area contributed by atoms with Crippen LogP contribution in [0.15, 0.2) is 33.5 Å². The van der Waals surface area contributed by atoms with Crippen molar-refractivity contribution in [2.24, 2.45) is 0 Å². The fourth-order valence-electron chi connectivity index (χ4n) is 3.44. The summed E-state index contributed by atoms with van der Waals surface area (Å²) in [6.45, 7) is 1.65. The molecule has 168 valence electrons. The Balaban J connectivity index is 2.17. The lowest BCUT2D eigenvalue weighted by Crippen LogP contribution is -2.10. The van der Waals surface area contributed by atoms with Crippen LogP contribution in [0, 0.1) is 6.92 Å². The van der Waals surface area contributed by atoms with E-state index in [2.05, 4.69) is 0 Å². The molecule has 0 aliphatic heterocycles. The van der Waals surface area contributed by atoms with Gasteiger partial charge in [0.15, 0.2) is 16.9 Å². The average molecular weight is 440 g/mol. The first kappa shape index (κ1) is 22.7. The third-order valence-electron chi connectivity index (χ3n) is 5.05. The molecular formula is C24H24O8. The number of ether oxygens (including phenoxy) is 4. The summed E-state index contributed by atoms with van der Waals surface area (Å²) < 4.78 is 27.4. The lowest BCUT2D eigenvalue weighted by atomic mass is 10.0. The lowest BCUT2D eigenvalue weighted by Gasteiger charge is -2.13. The van der Waals surface area contributed by atoms with Gasteiger partial charge in [0.2, 0.25) is 5.75 Å². The quantitative estimate of drug-likeness (QED) is 0.562. The highest BCUT2D eigenvalue weighted by Gasteiger charge is 2.18. The van der Waals surface area contributed by atoms with Crippen LogP contribution in [0.25, 0.3) is 23.1 Å². The van der Waals surface area contributed by atoms with Crippen LogP contribution >= 0.6 is 0 Å². The molecule has 2 aromatic carbocycles. The maximum Gasteiger partial charge on any atom is 0.308 e. The zero-order valence-corrected chi connectivity index (χ0v) is 18.5. The molecule has 0 bridgehead atoms. The van der Waals surface area contributed by atoms with Crippen LogP contribution in [0.3, 0.4) is 0 Å². The van der Waals surface area contributed by atoms with Crippen molar-refractivity contribution in [1.82, 2.24) is 0 Å². The van der Waals surface area contributed by atoms with Crippen molar-refractivity contribution >= 4 is 29.1 Å². The summed E-state index contributed by atoms with van der Waals surface area (Å²) in [4.78, 5) is 24.3. The lowest BCUT2D eigenvalue weighted by molar-refractivity contribution is -0.136. The third kappa shape index (κ3) is 4.25. The molecular weight excluding hydrogens is 416 g/mol. The molecule has 8 heteroatoms. The molecule has 3 aromatic rings. The van der Waals surface area contributed by atoms with Gasteiger partial charge in [0.1, 0.15) is 17.1 Å². The van der Waals surface area contributed by atoms with E-state index < -0.39 is 5.97 Å². The van der Waals surface area contributed by atoms with E-state index in [1.807, 2.05) is 0 Å². The smallest absolute Gasteiger partial charge is 0.308 e. The maximum absolute atomic E-state index is 12.9. The van der Waals surface area contributed by atoms with Crippen LogP contribution in [0.1, 0.15) is 22.5 Å². The number of carbonyl (C=O) groups is 1. The Morgan fingerprint density at radius 2 is 1.59 bits per heavy atom. The standard InChI is InChI=1S/C24H24O8/c1-13-17(8-6-14-10-19(29-3)24(31-5)20(11-14)30-4)32-23-15(22(13)27)7-9-18(28-2)16(23)12-21(25)26/h6-11H,12H2,1-5H3,(H,25,26). The van der Waals surface area contributed by atoms with Crippen LogP contribution in [-0.4, -0.2) is 39.5 Å². The molecule has 0 atom stereocenters. The van der Waals surface area contributed by atoms with Crippen LogP contribution in [0.2, 0.25) is 0 Å². The molecule has 0 saturated carbocycles. The predicted molar refractivity (Wildman–Crippen MR) is 120 cm³/mol. The highest BCUT2D eigenvalue weighted by Crippen LogP contribution is 2.38. The Labute approximate surface area is 184 Å². The second-order valence-corrected chi connectivity index (χ2v) is 6.91. The molecule has 3 rings (SSSR count). The van der Waals surface area contributed by atoms with Crippen molar-refractivity contribution in [3.63, 3.8) is 0 Å². The molecule has 0 unspecified atom stereocenters. The molecule has 0 spiro atoms. The van der Waals surface area contributed by atoms with Gasteiger partial charge in [0.25, 0.3) is 0 Å². The van der Waals surface area contributed by atoms with Crippen LogP contribution in [0.4, 0.5) is 0 Å². The Bertz CT molecular complexity index is 1230. The predicted octanol–water partition coefficient (Wildman–Crippen LogP) is 3.93. The summed E-state index contributed by atoms with van der Waals surface area (Å²) in [6.07, 6.45) is 3.03. The van der Waals surface area contributed by atoms with E-state index in [0.29, 0.717) is 45.3 Å². The van der Waals surface area contributed by atoms with Crippen LogP contribution in [0.5, 0.6) is 23.0 Å². The van der Waals surface area contributed by atoms with E-state index in [9.17, 15) is 14.7 Å². The zero-order valence-electron chi connectivity index (χ0n) is 18.5. The van der Waals surface area contributed by atoms with Gasteiger partial charge in [-0.1, -0.05) is 6.08 Å². The van der Waals surface area contributed by atoms with Gasteiger partial charge in [-0.05, 0) is 42.8 Å². The van der Waals surface area contributed by atoms with Gasteiger partial charge in [-0.3, -0.25) is 9.59 Å². The minimum Gasteiger partial charge on any atom is -0.496 e. The number of fused-ring (bicyclic) bond motifs is 1. The Hall–Kier alpha value is -3.94. The number of rotatable bonds is 8. The second-order valence-electron chi connectivity index (χ2n) is 6.91. The Morgan fingerprint density at radius 3 is 2.12 bits per heavy atom. The van der Waals surface area contributed by atoms with E-state index in [-0.39, 0.29) is 17.4 Å². The molecule has 0 aliphatic rings. The number of hydrogen-bond donors (Lipinski definition) is 1. The minimum atomic E-state index is -1.06. The first-order chi connectivity index (χ1) is 15.3. The molecule has 32 heavy (non-hydrogen) atoms. The van der Waals surface area contributed by atoms with E-state index in [1.54, 1.807) is 43.3 Å². The van der Waals surface area contributed by atoms with Gasteiger partial charge in [-0.15, -0.1) is 0 Å². The fourth-order valence-corrected chi connectivity index (χ4v) is 3.44. The highest BCUT2D eigenvalue weighted by atomic mass is 16.5. The number of benzene rings is 2. The van der Waals surface area contributed by atoms with Crippen molar-refractivity contribution in [3.8, 4) is 23.0 Å². The van der Waals surface area contributed by atoms with Crippen molar-refractivity contribution < 1.29 is 33.3 Å². The van der Waals surface area contributed by atoms with Gasteiger partial charge >= 0.3 is 5.97 Å². The number of carboxylic acid groups (broad SMARTS) is 1. The van der Waals surface area contributed by atoms with Crippen LogP contribution in [-0.2, 0) is 11.2 Å². The van der Waals surface area contributed by atoms with Gasteiger partial charge in [-0.2, -0.15) is 0 Å². The molecule has 8 nitrogen and oxygen atoms in total. The maximum atomic E-state index is 12.9. The topological polar surface area (TPSA) is 104 Å².